The Hall–Kier alpha value is -2.87. The second-order valence-electron chi connectivity index (χ2n) is 8.99. The lowest BCUT2D eigenvalue weighted by atomic mass is 9.81. The van der Waals surface area contributed by atoms with E-state index < -0.39 is 5.97 Å². The van der Waals surface area contributed by atoms with Gasteiger partial charge in [0.1, 0.15) is 17.4 Å². The van der Waals surface area contributed by atoms with Crippen LogP contribution in [-0.4, -0.2) is 41.7 Å². The van der Waals surface area contributed by atoms with Crippen molar-refractivity contribution in [3.8, 4) is 11.5 Å². The molecule has 1 aromatic carbocycles. The maximum Gasteiger partial charge on any atom is 0.341 e. The average molecular weight is 484 g/mol. The fraction of sp³-hybridized carbons (Fsp3) is 0.462. The van der Waals surface area contributed by atoms with E-state index in [1.165, 1.54) is 11.8 Å². The summed E-state index contributed by atoms with van der Waals surface area (Å²) in [5.74, 6) is 1.94. The van der Waals surface area contributed by atoms with Crippen molar-refractivity contribution in [2.45, 2.75) is 50.5 Å². The maximum atomic E-state index is 12.6. The van der Waals surface area contributed by atoms with Gasteiger partial charge < -0.3 is 14.2 Å². The number of fused-ring (bicyclic) bond motifs is 1. The van der Waals surface area contributed by atoms with Gasteiger partial charge in [-0.1, -0.05) is 37.6 Å². The largest absolute Gasteiger partial charge is 0.454 e. The van der Waals surface area contributed by atoms with E-state index >= 15 is 0 Å². The first kappa shape index (κ1) is 24.3. The van der Waals surface area contributed by atoms with Gasteiger partial charge in [-0.15, -0.1) is 0 Å². The molecule has 1 fully saturated rings. The van der Waals surface area contributed by atoms with Gasteiger partial charge in [0.05, 0.1) is 11.3 Å². The number of carbonyl (C=O) groups excluding carboxylic acids is 3. The zero-order valence-corrected chi connectivity index (χ0v) is 20.1. The number of esters is 1. The van der Waals surface area contributed by atoms with Gasteiger partial charge >= 0.3 is 5.97 Å². The van der Waals surface area contributed by atoms with Gasteiger partial charge in [0.2, 0.25) is 6.79 Å². The molecule has 34 heavy (non-hydrogen) atoms. The number of nitrogens with zero attached hydrogens (tertiary/aromatic N) is 1. The minimum absolute atomic E-state index is 0.00851. The zero-order chi connectivity index (χ0) is 23.9. The number of benzene rings is 1. The van der Waals surface area contributed by atoms with Gasteiger partial charge in [-0.3, -0.25) is 9.59 Å². The second kappa shape index (κ2) is 11.5. The molecule has 0 N–H and O–H groups in total. The molecule has 1 aliphatic heterocycles. The van der Waals surface area contributed by atoms with Gasteiger partial charge in [0.25, 0.3) is 0 Å². The van der Waals surface area contributed by atoms with Crippen molar-refractivity contribution in [2.24, 2.45) is 11.8 Å². The zero-order valence-electron chi connectivity index (χ0n) is 19.3. The number of Topliss-reactive ketones (excluding diaryl/α,β-unsaturated/α-hetero) is 2. The van der Waals surface area contributed by atoms with Crippen molar-refractivity contribution in [1.29, 1.82) is 0 Å². The Morgan fingerprint density at radius 1 is 1.06 bits per heavy atom. The van der Waals surface area contributed by atoms with Crippen molar-refractivity contribution in [3.05, 3.63) is 47.7 Å². The highest BCUT2D eigenvalue weighted by Gasteiger charge is 2.22. The molecule has 0 bridgehead atoms. The molecule has 1 aliphatic carbocycles. The minimum atomic E-state index is -0.593. The van der Waals surface area contributed by atoms with Crippen LogP contribution < -0.4 is 9.47 Å². The Kier molecular flexibility index (Phi) is 8.21. The summed E-state index contributed by atoms with van der Waals surface area (Å²) in [4.78, 5) is 41.7. The third-order valence-corrected chi connectivity index (χ3v) is 7.28. The van der Waals surface area contributed by atoms with E-state index in [2.05, 4.69) is 11.9 Å². The molecule has 0 amide bonds. The number of carbonyl (C=O) groups is 3. The fourth-order valence-corrected chi connectivity index (χ4v) is 5.12. The Bertz CT molecular complexity index is 1050. The van der Waals surface area contributed by atoms with E-state index in [0.717, 1.165) is 37.2 Å². The van der Waals surface area contributed by atoms with Crippen LogP contribution in [0.2, 0.25) is 0 Å². The molecule has 1 aromatic heterocycles. The SMILES string of the molecule is CC1CCC(CC(=O)COC(=O)c2cccnc2SCC(=O)Cc2ccc3c(c2)OCO3)CC1. The molecule has 2 heterocycles. The summed E-state index contributed by atoms with van der Waals surface area (Å²) in [6, 6.07) is 8.68. The van der Waals surface area contributed by atoms with E-state index in [1.807, 2.05) is 6.07 Å². The summed E-state index contributed by atoms with van der Waals surface area (Å²) < 4.78 is 15.9. The first-order valence-corrected chi connectivity index (χ1v) is 12.6. The van der Waals surface area contributed by atoms with Crippen molar-refractivity contribution < 1.29 is 28.6 Å². The molecule has 2 aliphatic rings. The van der Waals surface area contributed by atoms with Gasteiger partial charge in [0.15, 0.2) is 17.3 Å². The van der Waals surface area contributed by atoms with Crippen LogP contribution in [0, 0.1) is 11.8 Å². The van der Waals surface area contributed by atoms with Crippen LogP contribution in [0.3, 0.4) is 0 Å². The molecule has 7 nitrogen and oxygen atoms in total. The quantitative estimate of drug-likeness (QED) is 0.356. The lowest BCUT2D eigenvalue weighted by Crippen LogP contribution is -2.20. The lowest BCUT2D eigenvalue weighted by Gasteiger charge is -2.25. The van der Waals surface area contributed by atoms with Gasteiger partial charge in [-0.05, 0) is 54.5 Å². The molecule has 1 saturated carbocycles. The monoisotopic (exact) mass is 483 g/mol. The molecule has 0 atom stereocenters. The van der Waals surface area contributed by atoms with Gasteiger partial charge in [-0.2, -0.15) is 0 Å². The third-order valence-electron chi connectivity index (χ3n) is 6.22. The molecule has 0 radical (unpaired) electrons. The summed E-state index contributed by atoms with van der Waals surface area (Å²) in [6.07, 6.45) is 6.70. The van der Waals surface area contributed by atoms with Crippen molar-refractivity contribution >= 4 is 29.3 Å². The number of aromatic nitrogens is 1. The van der Waals surface area contributed by atoms with Crippen molar-refractivity contribution in [1.82, 2.24) is 4.98 Å². The van der Waals surface area contributed by atoms with Crippen molar-refractivity contribution in [2.75, 3.05) is 19.2 Å². The van der Waals surface area contributed by atoms with Gasteiger partial charge in [-0.25, -0.2) is 9.78 Å². The predicted molar refractivity (Wildman–Crippen MR) is 127 cm³/mol. The number of hydrogen-bond acceptors (Lipinski definition) is 8. The highest BCUT2D eigenvalue weighted by atomic mass is 32.2. The molecule has 180 valence electrons. The van der Waals surface area contributed by atoms with E-state index in [-0.39, 0.29) is 42.7 Å². The molecule has 0 saturated heterocycles. The molecule has 2 aromatic rings. The summed E-state index contributed by atoms with van der Waals surface area (Å²) in [6.45, 7) is 2.20. The topological polar surface area (TPSA) is 91.8 Å². The Labute approximate surface area is 203 Å². The van der Waals surface area contributed by atoms with Crippen LogP contribution in [-0.2, 0) is 20.7 Å². The number of ether oxygens (including phenoxy) is 3. The Balaban J connectivity index is 1.26. The van der Waals surface area contributed by atoms with Crippen LogP contribution in [0.4, 0.5) is 0 Å². The number of pyridine rings is 1. The van der Waals surface area contributed by atoms with Crippen LogP contribution in [0.5, 0.6) is 11.5 Å². The first-order valence-electron chi connectivity index (χ1n) is 11.6. The molecule has 4 rings (SSSR count). The smallest absolute Gasteiger partial charge is 0.341 e. The molecule has 8 heteroatoms. The third kappa shape index (κ3) is 6.59. The summed E-state index contributed by atoms with van der Waals surface area (Å²) in [5, 5.41) is 0.417. The van der Waals surface area contributed by atoms with E-state index in [1.54, 1.807) is 30.5 Å². The Morgan fingerprint density at radius 3 is 2.68 bits per heavy atom. The standard InChI is InChI=1S/C26H29NO6S/c1-17-4-6-18(7-5-17)11-20(28)14-31-26(30)22-3-2-10-27-25(22)34-15-21(29)12-19-8-9-23-24(13-19)33-16-32-23/h2-3,8-10,13,17-18H,4-7,11-12,14-16H2,1H3. The van der Waals surface area contributed by atoms with Gasteiger partial charge in [0, 0.05) is 19.0 Å². The highest BCUT2D eigenvalue weighted by molar-refractivity contribution is 8.00. The summed E-state index contributed by atoms with van der Waals surface area (Å²) >= 11 is 1.19. The number of rotatable bonds is 10. The Morgan fingerprint density at radius 2 is 1.85 bits per heavy atom. The average Bonchev–Trinajstić information content (AvgIpc) is 3.31. The van der Waals surface area contributed by atoms with Crippen LogP contribution in [0.15, 0.2) is 41.6 Å². The summed E-state index contributed by atoms with van der Waals surface area (Å²) in [5.41, 5.74) is 1.10. The predicted octanol–water partition coefficient (Wildman–Crippen LogP) is 4.66. The van der Waals surface area contributed by atoms with E-state index in [9.17, 15) is 14.4 Å². The number of hydrogen-bond donors (Lipinski definition) is 0. The summed E-state index contributed by atoms with van der Waals surface area (Å²) in [7, 11) is 0. The van der Waals surface area contributed by atoms with E-state index in [4.69, 9.17) is 14.2 Å². The first-order chi connectivity index (χ1) is 16.5. The molecular weight excluding hydrogens is 454 g/mol. The second-order valence-corrected chi connectivity index (χ2v) is 9.96. The van der Waals surface area contributed by atoms with Crippen LogP contribution in [0.25, 0.3) is 0 Å². The number of thioether (sulfide) groups is 1. The maximum absolute atomic E-state index is 12.6. The molecule has 0 spiro atoms. The molecular formula is C26H29NO6S. The van der Waals surface area contributed by atoms with Crippen LogP contribution >= 0.6 is 11.8 Å². The molecule has 0 unspecified atom stereocenters. The van der Waals surface area contributed by atoms with E-state index in [0.29, 0.717) is 28.9 Å². The lowest BCUT2D eigenvalue weighted by molar-refractivity contribution is -0.123. The van der Waals surface area contributed by atoms with Crippen LogP contribution in [0.1, 0.15) is 54.9 Å². The van der Waals surface area contributed by atoms with Crippen molar-refractivity contribution in [3.63, 3.8) is 0 Å². The highest BCUT2D eigenvalue weighted by Crippen LogP contribution is 2.33. The normalized spacial score (nSPS) is 19.0. The number of ketones is 2. The minimum Gasteiger partial charge on any atom is -0.454 e. The fourth-order valence-electron chi connectivity index (χ4n) is 4.28.